The normalized spacial score (nSPS) is 17.0. The van der Waals surface area contributed by atoms with E-state index in [0.29, 0.717) is 41.3 Å². The number of amides is 1. The molecule has 0 unspecified atom stereocenters. The average molecular weight is 548 g/mol. The highest BCUT2D eigenvalue weighted by Crippen LogP contribution is 2.37. The maximum atomic E-state index is 11.9. The Morgan fingerprint density at radius 2 is 1.98 bits per heavy atom. The highest BCUT2D eigenvalue weighted by atomic mass is 16.5. The summed E-state index contributed by atoms with van der Waals surface area (Å²) >= 11 is 0. The van der Waals surface area contributed by atoms with Gasteiger partial charge in [0, 0.05) is 49.4 Å². The lowest BCUT2D eigenvalue weighted by atomic mass is 10.0. The van der Waals surface area contributed by atoms with Gasteiger partial charge in [0.25, 0.3) is 0 Å². The summed E-state index contributed by atoms with van der Waals surface area (Å²) in [7, 11) is 0. The molecule has 0 spiro atoms. The molecule has 41 heavy (non-hydrogen) atoms. The maximum absolute atomic E-state index is 11.9. The van der Waals surface area contributed by atoms with E-state index in [-0.39, 0.29) is 11.9 Å². The van der Waals surface area contributed by atoms with Crippen LogP contribution in [0.4, 0.5) is 5.82 Å². The quantitative estimate of drug-likeness (QED) is 0.309. The van der Waals surface area contributed by atoms with Crippen molar-refractivity contribution in [1.29, 1.82) is 0 Å². The van der Waals surface area contributed by atoms with Gasteiger partial charge in [-0.2, -0.15) is 5.10 Å². The smallest absolute Gasteiger partial charge is 0.245 e. The van der Waals surface area contributed by atoms with E-state index < -0.39 is 0 Å². The third-order valence-corrected chi connectivity index (χ3v) is 7.76. The minimum Gasteiger partial charge on any atom is -0.491 e. The Kier molecular flexibility index (Phi) is 6.20. The number of hydrogen-bond acceptors (Lipinski definition) is 8. The number of carbonyl (C=O) groups is 1. The predicted molar refractivity (Wildman–Crippen MR) is 155 cm³/mol. The van der Waals surface area contributed by atoms with Crippen molar-refractivity contribution in [2.45, 2.75) is 24.9 Å². The molecule has 6 heterocycles. The van der Waals surface area contributed by atoms with Crippen LogP contribution in [0.5, 0.6) is 5.75 Å². The second-order valence-corrected chi connectivity index (χ2v) is 10.2. The van der Waals surface area contributed by atoms with Gasteiger partial charge in [0.15, 0.2) is 17.3 Å². The van der Waals surface area contributed by atoms with Crippen molar-refractivity contribution in [1.82, 2.24) is 39.5 Å². The first-order valence-electron chi connectivity index (χ1n) is 13.6. The van der Waals surface area contributed by atoms with Crippen LogP contribution in [0.1, 0.15) is 24.4 Å². The molecule has 1 saturated heterocycles. The molecule has 2 aliphatic rings. The first-order valence-corrected chi connectivity index (χ1v) is 13.6. The van der Waals surface area contributed by atoms with Gasteiger partial charge in [-0.15, -0.1) is 0 Å². The Bertz CT molecular complexity index is 1750. The summed E-state index contributed by atoms with van der Waals surface area (Å²) in [5, 5.41) is 8.09. The number of nitrogens with zero attached hydrogens (tertiary/aromatic N) is 7. The Labute approximate surface area is 236 Å². The Morgan fingerprint density at radius 1 is 1.10 bits per heavy atom. The van der Waals surface area contributed by atoms with Crippen LogP contribution in [0.15, 0.2) is 79.8 Å². The molecule has 3 N–H and O–H groups in total. The highest BCUT2D eigenvalue weighted by Gasteiger charge is 2.30. The number of ether oxygens (including phenoxy) is 1. The first-order chi connectivity index (χ1) is 20.1. The number of piperidine rings is 1. The molecule has 4 aromatic heterocycles. The van der Waals surface area contributed by atoms with Crippen LogP contribution in [0.3, 0.4) is 0 Å². The molecule has 1 fully saturated rings. The number of nitrogen functional groups attached to an aromatic ring is 1. The zero-order valence-electron chi connectivity index (χ0n) is 22.3. The first kappa shape index (κ1) is 25.0. The minimum atomic E-state index is -0.00353. The molecular weight excluding hydrogens is 518 g/mol. The third kappa shape index (κ3) is 4.49. The van der Waals surface area contributed by atoms with Crippen LogP contribution >= 0.6 is 0 Å². The van der Waals surface area contributed by atoms with Crippen molar-refractivity contribution in [3.8, 4) is 28.6 Å². The number of carbonyl (C=O) groups excluding carboxylic acids is 1. The van der Waals surface area contributed by atoms with Gasteiger partial charge >= 0.3 is 0 Å². The van der Waals surface area contributed by atoms with E-state index in [4.69, 9.17) is 20.4 Å². The third-order valence-electron chi connectivity index (χ3n) is 7.76. The van der Waals surface area contributed by atoms with E-state index >= 15 is 0 Å². The number of benzene rings is 1. The fraction of sp³-hybridized carbons (Fsp3) is 0.233. The van der Waals surface area contributed by atoms with Crippen LogP contribution in [-0.4, -0.2) is 65.8 Å². The topological polar surface area (TPSA) is 129 Å². The van der Waals surface area contributed by atoms with Crippen LogP contribution < -0.4 is 15.8 Å². The van der Waals surface area contributed by atoms with Gasteiger partial charge in [0.05, 0.1) is 17.3 Å². The molecule has 1 amide bonds. The lowest BCUT2D eigenvalue weighted by Crippen LogP contribution is -2.45. The molecule has 0 radical (unpaired) electrons. The van der Waals surface area contributed by atoms with Crippen molar-refractivity contribution in [3.63, 3.8) is 0 Å². The van der Waals surface area contributed by atoms with Crippen LogP contribution in [0.25, 0.3) is 34.1 Å². The largest absolute Gasteiger partial charge is 0.491 e. The second-order valence-electron chi connectivity index (χ2n) is 10.2. The molecule has 0 bridgehead atoms. The number of aromatic nitrogens is 6. The molecule has 0 aliphatic carbocycles. The van der Waals surface area contributed by atoms with Gasteiger partial charge in [-0.3, -0.25) is 9.36 Å². The lowest BCUT2D eigenvalue weighted by molar-refractivity contribution is -0.127. The van der Waals surface area contributed by atoms with Gasteiger partial charge in [0.2, 0.25) is 5.91 Å². The minimum absolute atomic E-state index is 0.00353. The molecular formula is C30H29N9O2. The van der Waals surface area contributed by atoms with Crippen molar-refractivity contribution < 1.29 is 9.53 Å². The average Bonchev–Trinajstić information content (AvgIpc) is 3.76. The van der Waals surface area contributed by atoms with Gasteiger partial charge in [-0.25, -0.2) is 19.6 Å². The standard InChI is InChI=1S/C30H29N9O2/c1-2-27(40)37-15-10-19(11-16-37)34-24-18-41-25-17-20(6-7-21(24)25)39-29(22-5-3-12-32-28(22)31)35-23-8-9-26(36-30(23)39)38-14-4-13-33-38/h2-9,12-14,17,19,24,34H,1,10-11,15-16,18H2,(H2,31,32)/t24-/m1/s1. The molecule has 206 valence electrons. The van der Waals surface area contributed by atoms with Gasteiger partial charge in [-0.1, -0.05) is 12.6 Å². The van der Waals surface area contributed by atoms with Crippen molar-refractivity contribution in [2.75, 3.05) is 25.4 Å². The summed E-state index contributed by atoms with van der Waals surface area (Å²) in [6.45, 7) is 5.59. The fourth-order valence-corrected chi connectivity index (χ4v) is 5.67. The van der Waals surface area contributed by atoms with E-state index in [1.807, 2.05) is 52.1 Å². The van der Waals surface area contributed by atoms with Crippen LogP contribution in [0, 0.1) is 0 Å². The molecule has 0 saturated carbocycles. The summed E-state index contributed by atoms with van der Waals surface area (Å²) in [5.74, 6) is 2.52. The number of nitrogens with one attached hydrogen (secondary N) is 1. The maximum Gasteiger partial charge on any atom is 0.245 e. The van der Waals surface area contributed by atoms with E-state index in [1.54, 1.807) is 17.1 Å². The summed E-state index contributed by atoms with van der Waals surface area (Å²) in [6, 6.07) is 16.0. The van der Waals surface area contributed by atoms with E-state index in [0.717, 1.165) is 48.4 Å². The molecule has 1 atom stereocenters. The Hall–Kier alpha value is -5.03. The van der Waals surface area contributed by atoms with Gasteiger partial charge in [-0.05, 0) is 55.3 Å². The number of likely N-dealkylation sites (tertiary alicyclic amines) is 1. The number of pyridine rings is 2. The zero-order valence-corrected chi connectivity index (χ0v) is 22.3. The van der Waals surface area contributed by atoms with Crippen LogP contribution in [0.2, 0.25) is 0 Å². The van der Waals surface area contributed by atoms with Crippen molar-refractivity contribution >= 4 is 22.9 Å². The zero-order chi connectivity index (χ0) is 27.9. The number of anilines is 1. The van der Waals surface area contributed by atoms with Gasteiger partial charge < -0.3 is 20.7 Å². The fourth-order valence-electron chi connectivity index (χ4n) is 5.67. The van der Waals surface area contributed by atoms with E-state index in [1.165, 1.54) is 6.08 Å². The molecule has 2 aliphatic heterocycles. The summed E-state index contributed by atoms with van der Waals surface area (Å²) in [4.78, 5) is 27.9. The summed E-state index contributed by atoms with van der Waals surface area (Å²) < 4.78 is 9.90. The monoisotopic (exact) mass is 547 g/mol. The number of nitrogens with two attached hydrogens (primary N) is 1. The number of rotatable bonds is 6. The molecule has 7 rings (SSSR count). The van der Waals surface area contributed by atoms with Crippen molar-refractivity contribution in [2.24, 2.45) is 0 Å². The van der Waals surface area contributed by atoms with Crippen LogP contribution in [-0.2, 0) is 4.79 Å². The Morgan fingerprint density at radius 3 is 2.76 bits per heavy atom. The SMILES string of the molecule is C=CC(=O)N1CCC(N[C@@H]2COc3cc(-n4c(-c5cccnc5N)nc5ccc(-n6cccn6)nc54)ccc32)CC1. The summed E-state index contributed by atoms with van der Waals surface area (Å²) in [6.07, 6.45) is 8.41. The number of imidazole rings is 1. The molecule has 5 aromatic rings. The lowest BCUT2D eigenvalue weighted by Gasteiger charge is -2.33. The molecule has 11 heteroatoms. The highest BCUT2D eigenvalue weighted by molar-refractivity contribution is 5.87. The number of fused-ring (bicyclic) bond motifs is 2. The predicted octanol–water partition coefficient (Wildman–Crippen LogP) is 3.45. The summed E-state index contributed by atoms with van der Waals surface area (Å²) in [5.41, 5.74) is 10.4. The Balaban J connectivity index is 1.24. The number of hydrogen-bond donors (Lipinski definition) is 2. The van der Waals surface area contributed by atoms with E-state index in [9.17, 15) is 4.79 Å². The molecule has 11 nitrogen and oxygen atoms in total. The molecule has 1 aromatic carbocycles. The second kappa shape index (κ2) is 10.2. The van der Waals surface area contributed by atoms with Crippen molar-refractivity contribution in [3.05, 3.63) is 85.3 Å². The van der Waals surface area contributed by atoms with Gasteiger partial charge in [0.1, 0.15) is 23.7 Å². The van der Waals surface area contributed by atoms with E-state index in [2.05, 4.69) is 34.1 Å².